The van der Waals surface area contributed by atoms with Crippen LogP contribution in [0.15, 0.2) is 71.8 Å². The lowest BCUT2D eigenvalue weighted by molar-refractivity contribution is -0.138. The van der Waals surface area contributed by atoms with E-state index >= 15 is 0 Å². The Kier molecular flexibility index (Phi) is 6.31. The zero-order chi connectivity index (χ0) is 24.8. The number of carbonyl (C=O) groups is 1. The molecule has 4 nitrogen and oxygen atoms in total. The van der Waals surface area contributed by atoms with Crippen LogP contribution in [0.2, 0.25) is 0 Å². The lowest BCUT2D eigenvalue weighted by Gasteiger charge is -2.29. The number of Topliss-reactive ketones (excluding diaryl/α,β-unsaturated/α-hetero) is 1. The van der Waals surface area contributed by atoms with E-state index in [1.165, 1.54) is 6.92 Å². The molecule has 0 heterocycles. The highest BCUT2D eigenvalue weighted by Crippen LogP contribution is 2.38. The molecular formula is C23H18F6O4. The fourth-order valence-corrected chi connectivity index (χ4v) is 3.44. The number of carbonyl (C=O) groups excluding carboxylic acids is 1. The van der Waals surface area contributed by atoms with Gasteiger partial charge in [-0.3, -0.25) is 4.79 Å². The van der Waals surface area contributed by atoms with Crippen molar-refractivity contribution in [1.82, 2.24) is 0 Å². The zero-order valence-electron chi connectivity index (χ0n) is 16.9. The third-order valence-electron chi connectivity index (χ3n) is 5.12. The highest BCUT2D eigenvalue weighted by Gasteiger charge is 2.37. The number of hydrogen-bond donors (Lipinski definition) is 3. The van der Waals surface area contributed by atoms with Gasteiger partial charge in [0, 0.05) is 11.1 Å². The average molecular weight is 472 g/mol. The van der Waals surface area contributed by atoms with Crippen LogP contribution in [-0.4, -0.2) is 26.7 Å². The monoisotopic (exact) mass is 472 g/mol. The second-order valence-corrected chi connectivity index (χ2v) is 7.80. The number of aliphatic hydroxyl groups excluding tert-OH is 2. The molecule has 1 aliphatic carbocycles. The fourth-order valence-electron chi connectivity index (χ4n) is 3.44. The Morgan fingerprint density at radius 2 is 1.00 bits per heavy atom. The average Bonchev–Trinajstić information content (AvgIpc) is 2.73. The van der Waals surface area contributed by atoms with E-state index in [0.717, 1.165) is 60.7 Å². The van der Waals surface area contributed by atoms with E-state index < -0.39 is 58.2 Å². The van der Waals surface area contributed by atoms with E-state index in [1.54, 1.807) is 0 Å². The predicted molar refractivity (Wildman–Crippen MR) is 105 cm³/mol. The van der Waals surface area contributed by atoms with Gasteiger partial charge in [0.15, 0.2) is 5.78 Å². The maximum absolute atomic E-state index is 13.0. The third kappa shape index (κ3) is 5.35. The Balaban J connectivity index is 1.91. The summed E-state index contributed by atoms with van der Waals surface area (Å²) >= 11 is 0. The molecule has 0 radical (unpaired) electrons. The predicted octanol–water partition coefficient (Wildman–Crippen LogP) is 4.68. The standard InChI is InChI=1S/C23H18F6O4/c1-21(33)10-16(18(30)12-2-6-14(7-3-12)22(24,25)26)20(32)17(11-21)19(31)13-4-8-15(9-5-13)23(27,28)29/h2-11,18-19,30-31,33H,1H3/t18-,19+,21?. The van der Waals surface area contributed by atoms with Crippen LogP contribution in [0.5, 0.6) is 0 Å². The number of alkyl halides is 6. The molecular weight excluding hydrogens is 454 g/mol. The van der Waals surface area contributed by atoms with Crippen molar-refractivity contribution in [3.8, 4) is 0 Å². The highest BCUT2D eigenvalue weighted by atomic mass is 19.4. The van der Waals surface area contributed by atoms with Crippen molar-refractivity contribution in [2.75, 3.05) is 0 Å². The van der Waals surface area contributed by atoms with Crippen LogP contribution >= 0.6 is 0 Å². The maximum atomic E-state index is 13.0. The molecule has 33 heavy (non-hydrogen) atoms. The van der Waals surface area contributed by atoms with Gasteiger partial charge >= 0.3 is 12.4 Å². The quantitative estimate of drug-likeness (QED) is 0.565. The molecule has 0 aliphatic heterocycles. The molecule has 3 N–H and O–H groups in total. The summed E-state index contributed by atoms with van der Waals surface area (Å²) in [5, 5.41) is 31.7. The van der Waals surface area contributed by atoms with E-state index in [1.807, 2.05) is 0 Å². The summed E-state index contributed by atoms with van der Waals surface area (Å²) in [7, 11) is 0. The van der Waals surface area contributed by atoms with Crippen molar-refractivity contribution in [2.24, 2.45) is 0 Å². The first-order valence-electron chi connectivity index (χ1n) is 9.53. The molecule has 0 saturated carbocycles. The van der Waals surface area contributed by atoms with Crippen molar-refractivity contribution in [3.63, 3.8) is 0 Å². The molecule has 1 aliphatic rings. The van der Waals surface area contributed by atoms with Gasteiger partial charge < -0.3 is 15.3 Å². The normalized spacial score (nSPS) is 21.3. The molecule has 2 aromatic carbocycles. The van der Waals surface area contributed by atoms with Crippen LogP contribution in [0.25, 0.3) is 0 Å². The largest absolute Gasteiger partial charge is 0.416 e. The molecule has 3 rings (SSSR count). The molecule has 3 atom stereocenters. The number of ketones is 1. The van der Waals surface area contributed by atoms with Crippen molar-refractivity contribution >= 4 is 5.78 Å². The van der Waals surface area contributed by atoms with Crippen LogP contribution < -0.4 is 0 Å². The Bertz CT molecular complexity index is 1010. The summed E-state index contributed by atoms with van der Waals surface area (Å²) < 4.78 is 76.6. The Hall–Kier alpha value is -2.95. The smallest absolute Gasteiger partial charge is 0.384 e. The van der Waals surface area contributed by atoms with E-state index in [0.29, 0.717) is 0 Å². The maximum Gasteiger partial charge on any atom is 0.416 e. The summed E-state index contributed by atoms with van der Waals surface area (Å²) in [5.74, 6) is -0.915. The molecule has 0 fully saturated rings. The van der Waals surface area contributed by atoms with Crippen molar-refractivity contribution < 1.29 is 46.5 Å². The Labute approximate surface area is 184 Å². The van der Waals surface area contributed by atoms with Crippen LogP contribution in [-0.2, 0) is 17.1 Å². The lowest BCUT2D eigenvalue weighted by atomic mass is 9.81. The molecule has 0 amide bonds. The molecule has 10 heteroatoms. The minimum atomic E-state index is -4.60. The first kappa shape index (κ1) is 24.7. The summed E-state index contributed by atoms with van der Waals surface area (Å²) in [6.07, 6.45) is -10.7. The highest BCUT2D eigenvalue weighted by molar-refractivity contribution is 6.11. The summed E-state index contributed by atoms with van der Waals surface area (Å²) in [6.45, 7) is 1.23. The van der Waals surface area contributed by atoms with E-state index in [9.17, 15) is 46.5 Å². The van der Waals surface area contributed by atoms with Crippen LogP contribution in [0, 0.1) is 0 Å². The number of hydrogen-bond acceptors (Lipinski definition) is 4. The Morgan fingerprint density at radius 1 is 0.697 bits per heavy atom. The van der Waals surface area contributed by atoms with Crippen molar-refractivity contribution in [1.29, 1.82) is 0 Å². The third-order valence-corrected chi connectivity index (χ3v) is 5.12. The van der Waals surface area contributed by atoms with Gasteiger partial charge in [-0.1, -0.05) is 24.3 Å². The van der Waals surface area contributed by atoms with Gasteiger partial charge in [-0.05, 0) is 54.5 Å². The molecule has 0 bridgehead atoms. The lowest BCUT2D eigenvalue weighted by Crippen LogP contribution is -2.31. The van der Waals surface area contributed by atoms with Crippen LogP contribution in [0.1, 0.15) is 41.4 Å². The minimum absolute atomic E-state index is 0.0660. The first-order chi connectivity index (χ1) is 15.1. The summed E-state index contributed by atoms with van der Waals surface area (Å²) in [5.41, 5.74) is -4.70. The second-order valence-electron chi connectivity index (χ2n) is 7.80. The van der Waals surface area contributed by atoms with E-state index in [2.05, 4.69) is 0 Å². The van der Waals surface area contributed by atoms with Gasteiger partial charge in [-0.25, -0.2) is 0 Å². The molecule has 1 unspecified atom stereocenters. The molecule has 0 aromatic heterocycles. The van der Waals surface area contributed by atoms with Gasteiger partial charge in [0.2, 0.25) is 0 Å². The molecule has 0 saturated heterocycles. The molecule has 2 aromatic rings. The minimum Gasteiger partial charge on any atom is -0.384 e. The molecule has 176 valence electrons. The zero-order valence-corrected chi connectivity index (χ0v) is 16.9. The number of halogens is 6. The second kappa shape index (κ2) is 8.44. The van der Waals surface area contributed by atoms with Gasteiger partial charge in [0.1, 0.15) is 12.2 Å². The fraction of sp³-hybridized carbons (Fsp3) is 0.261. The SMILES string of the molecule is CC1(O)C=C([C@@H](O)c2ccc(C(F)(F)F)cc2)C(=O)C([C@H](O)c2ccc(C(F)(F)F)cc2)=C1. The number of aliphatic hydroxyl groups is 3. The first-order valence-corrected chi connectivity index (χ1v) is 9.53. The van der Waals surface area contributed by atoms with E-state index in [-0.39, 0.29) is 11.1 Å². The number of benzene rings is 2. The van der Waals surface area contributed by atoms with Crippen molar-refractivity contribution in [3.05, 3.63) is 94.1 Å². The Morgan fingerprint density at radius 3 is 1.27 bits per heavy atom. The van der Waals surface area contributed by atoms with Crippen LogP contribution in [0.4, 0.5) is 26.3 Å². The van der Waals surface area contributed by atoms with E-state index in [4.69, 9.17) is 0 Å². The molecule has 0 spiro atoms. The van der Waals surface area contributed by atoms with Gasteiger partial charge in [0.25, 0.3) is 0 Å². The number of rotatable bonds is 4. The van der Waals surface area contributed by atoms with Gasteiger partial charge in [-0.2, -0.15) is 26.3 Å². The van der Waals surface area contributed by atoms with Crippen molar-refractivity contribution in [2.45, 2.75) is 37.1 Å². The summed E-state index contributed by atoms with van der Waals surface area (Å²) in [4.78, 5) is 13.0. The van der Waals surface area contributed by atoms with Crippen LogP contribution in [0.3, 0.4) is 0 Å². The van der Waals surface area contributed by atoms with Gasteiger partial charge in [0.05, 0.1) is 16.7 Å². The van der Waals surface area contributed by atoms with Gasteiger partial charge in [-0.15, -0.1) is 0 Å². The summed E-state index contributed by atoms with van der Waals surface area (Å²) in [6, 6.07) is 6.77. The topological polar surface area (TPSA) is 77.8 Å².